The number of hydrogen-bond donors (Lipinski definition) is 0. The third kappa shape index (κ3) is 2.66. The van der Waals surface area contributed by atoms with Crippen LogP contribution in [0.5, 0.6) is 0 Å². The summed E-state index contributed by atoms with van der Waals surface area (Å²) in [5.74, 6) is 0. The maximum Gasteiger partial charge on any atom is 0.0693 e. The first-order valence-electron chi connectivity index (χ1n) is 6.84. The highest BCUT2D eigenvalue weighted by Gasteiger charge is 2.24. The minimum atomic E-state index is 0.436. The van der Waals surface area contributed by atoms with Crippen molar-refractivity contribution in [1.82, 2.24) is 24.9 Å². The Morgan fingerprint density at radius 1 is 1.26 bits per heavy atom. The van der Waals surface area contributed by atoms with Gasteiger partial charge in [-0.1, -0.05) is 11.3 Å². The van der Waals surface area contributed by atoms with Crippen LogP contribution in [0.15, 0.2) is 36.9 Å². The fourth-order valence-corrected chi connectivity index (χ4v) is 2.78. The summed E-state index contributed by atoms with van der Waals surface area (Å²) in [5, 5.41) is 8.00. The lowest BCUT2D eigenvalue weighted by atomic mass is 10.0. The molecule has 1 aliphatic rings. The molecule has 5 heteroatoms. The average molecular weight is 257 g/mol. The van der Waals surface area contributed by atoms with Crippen molar-refractivity contribution in [3.05, 3.63) is 42.5 Å². The Hall–Kier alpha value is -1.75. The molecule has 2 aromatic heterocycles. The monoisotopic (exact) mass is 257 g/mol. The van der Waals surface area contributed by atoms with E-state index in [9.17, 15) is 0 Å². The summed E-state index contributed by atoms with van der Waals surface area (Å²) < 4.78 is 1.99. The van der Waals surface area contributed by atoms with Crippen LogP contribution in [0.4, 0.5) is 0 Å². The van der Waals surface area contributed by atoms with E-state index in [-0.39, 0.29) is 0 Å². The van der Waals surface area contributed by atoms with Crippen molar-refractivity contribution in [2.45, 2.75) is 31.8 Å². The van der Waals surface area contributed by atoms with Crippen molar-refractivity contribution < 1.29 is 0 Å². The van der Waals surface area contributed by atoms with Gasteiger partial charge in [-0.25, -0.2) is 4.68 Å². The van der Waals surface area contributed by atoms with E-state index in [2.05, 4.69) is 33.2 Å². The standard InChI is InChI=1S/C14H19N5/c1-12(13-3-2-6-15-11-13)18-8-4-14(5-9-18)19-10-7-16-17-19/h2-3,6-7,10-12,14H,4-5,8-9H2,1H3. The molecule has 1 unspecified atom stereocenters. The Bertz CT molecular complexity index is 488. The van der Waals surface area contributed by atoms with Crippen LogP contribution in [0.1, 0.15) is 37.4 Å². The van der Waals surface area contributed by atoms with Crippen LogP contribution in [0.3, 0.4) is 0 Å². The third-order valence-corrected chi connectivity index (χ3v) is 4.03. The Kier molecular flexibility index (Phi) is 3.55. The molecule has 3 rings (SSSR count). The van der Waals surface area contributed by atoms with E-state index in [1.54, 1.807) is 6.20 Å². The van der Waals surface area contributed by atoms with Gasteiger partial charge in [0.1, 0.15) is 0 Å². The summed E-state index contributed by atoms with van der Waals surface area (Å²) in [6.45, 7) is 4.45. The van der Waals surface area contributed by atoms with Crippen LogP contribution in [0, 0.1) is 0 Å². The Balaban J connectivity index is 1.61. The first-order valence-corrected chi connectivity index (χ1v) is 6.84. The lowest BCUT2D eigenvalue weighted by molar-refractivity contribution is 0.138. The Morgan fingerprint density at radius 2 is 2.11 bits per heavy atom. The van der Waals surface area contributed by atoms with Crippen LogP contribution in [-0.2, 0) is 0 Å². The number of rotatable bonds is 3. The first-order chi connectivity index (χ1) is 9.34. The van der Waals surface area contributed by atoms with Crippen LogP contribution < -0.4 is 0 Å². The molecular formula is C14H19N5. The second-order valence-electron chi connectivity index (χ2n) is 5.11. The van der Waals surface area contributed by atoms with Crippen molar-refractivity contribution >= 4 is 0 Å². The summed E-state index contributed by atoms with van der Waals surface area (Å²) in [7, 11) is 0. The van der Waals surface area contributed by atoms with Crippen molar-refractivity contribution in [2.75, 3.05) is 13.1 Å². The molecule has 1 saturated heterocycles. The summed E-state index contributed by atoms with van der Waals surface area (Å²) in [6, 6.07) is 5.10. The lowest BCUT2D eigenvalue weighted by Crippen LogP contribution is -2.36. The molecule has 1 atom stereocenters. The number of pyridine rings is 1. The predicted octanol–water partition coefficient (Wildman–Crippen LogP) is 2.07. The molecule has 2 aromatic rings. The SMILES string of the molecule is CC(c1cccnc1)N1CCC(n2ccnn2)CC1. The zero-order valence-corrected chi connectivity index (χ0v) is 11.2. The molecule has 0 aliphatic carbocycles. The number of nitrogens with zero attached hydrogens (tertiary/aromatic N) is 5. The summed E-state index contributed by atoms with van der Waals surface area (Å²) in [4.78, 5) is 6.73. The van der Waals surface area contributed by atoms with Gasteiger partial charge in [0, 0.05) is 37.7 Å². The molecule has 1 aliphatic heterocycles. The first kappa shape index (κ1) is 12.3. The highest BCUT2D eigenvalue weighted by molar-refractivity contribution is 5.13. The zero-order chi connectivity index (χ0) is 13.1. The minimum Gasteiger partial charge on any atom is -0.296 e. The molecule has 3 heterocycles. The van der Waals surface area contributed by atoms with Gasteiger partial charge in [0.05, 0.1) is 12.2 Å². The zero-order valence-electron chi connectivity index (χ0n) is 11.2. The van der Waals surface area contributed by atoms with Crippen molar-refractivity contribution in [3.63, 3.8) is 0 Å². The Morgan fingerprint density at radius 3 is 2.74 bits per heavy atom. The summed E-state index contributed by atoms with van der Waals surface area (Å²) in [6.07, 6.45) is 9.78. The highest BCUT2D eigenvalue weighted by Crippen LogP contribution is 2.27. The van der Waals surface area contributed by atoms with Gasteiger partial charge in [0.15, 0.2) is 0 Å². The van der Waals surface area contributed by atoms with Crippen LogP contribution in [0.25, 0.3) is 0 Å². The van der Waals surface area contributed by atoms with E-state index in [0.717, 1.165) is 25.9 Å². The van der Waals surface area contributed by atoms with Gasteiger partial charge in [0.2, 0.25) is 0 Å². The fourth-order valence-electron chi connectivity index (χ4n) is 2.78. The highest BCUT2D eigenvalue weighted by atomic mass is 15.4. The minimum absolute atomic E-state index is 0.436. The summed E-state index contributed by atoms with van der Waals surface area (Å²) in [5.41, 5.74) is 1.29. The molecule has 19 heavy (non-hydrogen) atoms. The maximum atomic E-state index is 4.21. The van der Waals surface area contributed by atoms with E-state index in [4.69, 9.17) is 0 Å². The van der Waals surface area contributed by atoms with Gasteiger partial charge in [-0.3, -0.25) is 9.88 Å². The molecule has 5 nitrogen and oxygen atoms in total. The smallest absolute Gasteiger partial charge is 0.0693 e. The molecule has 0 amide bonds. The Labute approximate surface area is 113 Å². The van der Waals surface area contributed by atoms with Crippen molar-refractivity contribution in [3.8, 4) is 0 Å². The summed E-state index contributed by atoms with van der Waals surface area (Å²) >= 11 is 0. The van der Waals surface area contributed by atoms with Crippen molar-refractivity contribution in [1.29, 1.82) is 0 Å². The van der Waals surface area contributed by atoms with E-state index >= 15 is 0 Å². The molecule has 100 valence electrons. The van der Waals surface area contributed by atoms with E-state index < -0.39 is 0 Å². The second kappa shape index (κ2) is 5.48. The normalized spacial score (nSPS) is 19.4. The number of piperidine rings is 1. The predicted molar refractivity (Wildman–Crippen MR) is 72.5 cm³/mol. The van der Waals surface area contributed by atoms with Gasteiger partial charge < -0.3 is 0 Å². The molecule has 0 aromatic carbocycles. The number of aromatic nitrogens is 4. The van der Waals surface area contributed by atoms with E-state index in [1.807, 2.05) is 29.3 Å². The fraction of sp³-hybridized carbons (Fsp3) is 0.500. The number of hydrogen-bond acceptors (Lipinski definition) is 4. The lowest BCUT2D eigenvalue weighted by Gasteiger charge is -2.35. The number of likely N-dealkylation sites (tertiary alicyclic amines) is 1. The van der Waals surface area contributed by atoms with E-state index in [0.29, 0.717) is 12.1 Å². The van der Waals surface area contributed by atoms with E-state index in [1.165, 1.54) is 5.56 Å². The topological polar surface area (TPSA) is 46.8 Å². The van der Waals surface area contributed by atoms with Crippen LogP contribution in [-0.4, -0.2) is 38.0 Å². The second-order valence-corrected chi connectivity index (χ2v) is 5.11. The largest absolute Gasteiger partial charge is 0.296 e. The molecule has 0 saturated carbocycles. The molecule has 0 bridgehead atoms. The molecular weight excluding hydrogens is 238 g/mol. The van der Waals surface area contributed by atoms with Gasteiger partial charge in [-0.15, -0.1) is 5.10 Å². The third-order valence-electron chi connectivity index (χ3n) is 4.03. The van der Waals surface area contributed by atoms with Gasteiger partial charge in [0.25, 0.3) is 0 Å². The molecule has 0 N–H and O–H groups in total. The van der Waals surface area contributed by atoms with Crippen LogP contribution >= 0.6 is 0 Å². The molecule has 0 spiro atoms. The van der Waals surface area contributed by atoms with Crippen molar-refractivity contribution in [2.24, 2.45) is 0 Å². The van der Waals surface area contributed by atoms with Gasteiger partial charge >= 0.3 is 0 Å². The van der Waals surface area contributed by atoms with Gasteiger partial charge in [-0.05, 0) is 31.4 Å². The average Bonchev–Trinajstić information content (AvgIpc) is 3.02. The quantitative estimate of drug-likeness (QED) is 0.844. The van der Waals surface area contributed by atoms with Crippen LogP contribution in [0.2, 0.25) is 0 Å². The van der Waals surface area contributed by atoms with Gasteiger partial charge in [-0.2, -0.15) is 0 Å². The maximum absolute atomic E-state index is 4.21. The molecule has 0 radical (unpaired) electrons. The molecule has 1 fully saturated rings.